The lowest BCUT2D eigenvalue weighted by molar-refractivity contribution is -0.160. The molecule has 0 saturated carbocycles. The van der Waals surface area contributed by atoms with E-state index in [-0.39, 0.29) is 11.6 Å². The monoisotopic (exact) mass is 144 g/mol. The Labute approximate surface area is 60.3 Å². The third kappa shape index (κ3) is 1.48. The number of cyclic esters (lactones) is 1. The predicted molar refractivity (Wildman–Crippen MR) is 35.6 cm³/mol. The van der Waals surface area contributed by atoms with E-state index in [1.807, 2.05) is 6.92 Å². The molecule has 3 heteroatoms. The van der Waals surface area contributed by atoms with Crippen molar-refractivity contribution < 1.29 is 14.3 Å². The molecule has 0 aromatic carbocycles. The molecule has 1 aliphatic rings. The number of rotatable bonds is 1. The van der Waals surface area contributed by atoms with Gasteiger partial charge in [0.05, 0.1) is 18.6 Å². The Morgan fingerprint density at radius 2 is 2.40 bits per heavy atom. The van der Waals surface area contributed by atoms with E-state index < -0.39 is 0 Å². The molecule has 0 bridgehead atoms. The van der Waals surface area contributed by atoms with Crippen molar-refractivity contribution in [2.24, 2.45) is 0 Å². The molecule has 10 heavy (non-hydrogen) atoms. The molecule has 58 valence electrons. The van der Waals surface area contributed by atoms with Crippen LogP contribution in [0.2, 0.25) is 0 Å². The molecule has 1 aliphatic heterocycles. The first-order valence-corrected chi connectivity index (χ1v) is 3.37. The molecule has 0 amide bonds. The molecule has 3 nitrogen and oxygen atoms in total. The van der Waals surface area contributed by atoms with E-state index >= 15 is 0 Å². The average Bonchev–Trinajstić information content (AvgIpc) is 1.88. The molecule has 1 heterocycles. The second-order valence-electron chi connectivity index (χ2n) is 2.80. The van der Waals surface area contributed by atoms with Crippen molar-refractivity contribution in [3.63, 3.8) is 0 Å². The van der Waals surface area contributed by atoms with Gasteiger partial charge in [0.2, 0.25) is 0 Å². The van der Waals surface area contributed by atoms with Crippen LogP contribution >= 0.6 is 0 Å². The van der Waals surface area contributed by atoms with Gasteiger partial charge in [0, 0.05) is 13.5 Å². The highest BCUT2D eigenvalue weighted by atomic mass is 16.5. The van der Waals surface area contributed by atoms with Gasteiger partial charge in [-0.1, -0.05) is 0 Å². The van der Waals surface area contributed by atoms with Crippen LogP contribution in [0.1, 0.15) is 19.8 Å². The van der Waals surface area contributed by atoms with Crippen LogP contribution in [-0.4, -0.2) is 25.3 Å². The van der Waals surface area contributed by atoms with Crippen LogP contribution in [0.3, 0.4) is 0 Å². The second-order valence-corrected chi connectivity index (χ2v) is 2.80. The van der Waals surface area contributed by atoms with Gasteiger partial charge in [-0.15, -0.1) is 0 Å². The van der Waals surface area contributed by atoms with E-state index in [0.717, 1.165) is 6.42 Å². The van der Waals surface area contributed by atoms with E-state index in [9.17, 15) is 4.79 Å². The molecule has 0 N–H and O–H groups in total. The molecule has 1 rings (SSSR count). The Hall–Kier alpha value is -0.570. The lowest BCUT2D eigenvalue weighted by atomic mass is 9.96. The summed E-state index contributed by atoms with van der Waals surface area (Å²) in [5.41, 5.74) is -0.282. The number of carbonyl (C=O) groups excluding carboxylic acids is 1. The van der Waals surface area contributed by atoms with Gasteiger partial charge >= 0.3 is 5.97 Å². The van der Waals surface area contributed by atoms with Crippen molar-refractivity contribution in [2.45, 2.75) is 25.4 Å². The van der Waals surface area contributed by atoms with Crippen LogP contribution in [0.15, 0.2) is 0 Å². The maximum absolute atomic E-state index is 10.7. The lowest BCUT2D eigenvalue weighted by Gasteiger charge is -2.30. The fourth-order valence-electron chi connectivity index (χ4n) is 1.000. The average molecular weight is 144 g/mol. The van der Waals surface area contributed by atoms with Crippen LogP contribution in [0.4, 0.5) is 0 Å². The van der Waals surface area contributed by atoms with Crippen molar-refractivity contribution in [1.82, 2.24) is 0 Å². The highest BCUT2D eigenvalue weighted by molar-refractivity contribution is 5.71. The van der Waals surface area contributed by atoms with Crippen molar-refractivity contribution in [1.29, 1.82) is 0 Å². The van der Waals surface area contributed by atoms with E-state index in [0.29, 0.717) is 13.0 Å². The zero-order valence-corrected chi connectivity index (χ0v) is 6.35. The molecule has 0 radical (unpaired) electrons. The van der Waals surface area contributed by atoms with Gasteiger partial charge in [-0.2, -0.15) is 0 Å². The minimum absolute atomic E-state index is 0.157. The molecule has 1 atom stereocenters. The quantitative estimate of drug-likeness (QED) is 0.509. The third-order valence-corrected chi connectivity index (χ3v) is 1.91. The standard InChI is InChI=1S/C7H12O3/c1-7(9-2)3-4-10-6(8)5-7/h3-5H2,1-2H3. The highest BCUT2D eigenvalue weighted by Gasteiger charge is 2.31. The zero-order valence-electron chi connectivity index (χ0n) is 6.35. The summed E-state index contributed by atoms with van der Waals surface area (Å²) in [7, 11) is 1.62. The van der Waals surface area contributed by atoms with Gasteiger partial charge in [-0.3, -0.25) is 4.79 Å². The number of hydrogen-bond donors (Lipinski definition) is 0. The number of methoxy groups -OCH3 is 1. The summed E-state index contributed by atoms with van der Waals surface area (Å²) >= 11 is 0. The van der Waals surface area contributed by atoms with Crippen molar-refractivity contribution in [3.8, 4) is 0 Å². The molecule has 0 aromatic heterocycles. The molecule has 1 fully saturated rings. The first-order valence-electron chi connectivity index (χ1n) is 3.37. The summed E-state index contributed by atoms with van der Waals surface area (Å²) in [6, 6.07) is 0. The Kier molecular flexibility index (Phi) is 1.94. The molecule has 0 spiro atoms. The first kappa shape index (κ1) is 7.54. The van der Waals surface area contributed by atoms with E-state index in [1.165, 1.54) is 0 Å². The van der Waals surface area contributed by atoms with Crippen LogP contribution in [-0.2, 0) is 14.3 Å². The van der Waals surface area contributed by atoms with Crippen LogP contribution < -0.4 is 0 Å². The zero-order chi connectivity index (χ0) is 7.61. The van der Waals surface area contributed by atoms with Gasteiger partial charge in [0.25, 0.3) is 0 Å². The highest BCUT2D eigenvalue weighted by Crippen LogP contribution is 2.23. The number of carbonyl (C=O) groups is 1. The summed E-state index contributed by atoms with van der Waals surface area (Å²) in [5.74, 6) is -0.157. The van der Waals surface area contributed by atoms with Crippen molar-refractivity contribution in [3.05, 3.63) is 0 Å². The van der Waals surface area contributed by atoms with Crippen LogP contribution in [0.25, 0.3) is 0 Å². The third-order valence-electron chi connectivity index (χ3n) is 1.91. The molecular formula is C7H12O3. The summed E-state index contributed by atoms with van der Waals surface area (Å²) in [6.45, 7) is 2.41. The fraction of sp³-hybridized carbons (Fsp3) is 0.857. The molecule has 0 aromatic rings. The summed E-state index contributed by atoms with van der Waals surface area (Å²) < 4.78 is 9.90. The van der Waals surface area contributed by atoms with Crippen molar-refractivity contribution >= 4 is 5.97 Å². The van der Waals surface area contributed by atoms with Gasteiger partial charge in [0.1, 0.15) is 0 Å². The van der Waals surface area contributed by atoms with E-state index in [4.69, 9.17) is 9.47 Å². The fourth-order valence-corrected chi connectivity index (χ4v) is 1.000. The number of esters is 1. The summed E-state index contributed by atoms with van der Waals surface area (Å²) in [6.07, 6.45) is 1.18. The molecule has 1 saturated heterocycles. The topological polar surface area (TPSA) is 35.5 Å². The smallest absolute Gasteiger partial charge is 0.308 e. The molecule has 0 aliphatic carbocycles. The number of ether oxygens (including phenoxy) is 2. The van der Waals surface area contributed by atoms with Gasteiger partial charge in [-0.25, -0.2) is 0 Å². The van der Waals surface area contributed by atoms with Gasteiger partial charge in [-0.05, 0) is 6.92 Å². The maximum Gasteiger partial charge on any atom is 0.308 e. The van der Waals surface area contributed by atoms with Gasteiger partial charge in [0.15, 0.2) is 0 Å². The number of hydrogen-bond acceptors (Lipinski definition) is 3. The van der Waals surface area contributed by atoms with Gasteiger partial charge < -0.3 is 9.47 Å². The van der Waals surface area contributed by atoms with Crippen LogP contribution in [0, 0.1) is 0 Å². The lowest BCUT2D eigenvalue weighted by Crippen LogP contribution is -2.37. The normalized spacial score (nSPS) is 33.6. The Bertz CT molecular complexity index is 144. The minimum atomic E-state index is -0.282. The Balaban J connectivity index is 2.53. The Morgan fingerprint density at radius 1 is 1.70 bits per heavy atom. The minimum Gasteiger partial charge on any atom is -0.465 e. The first-order chi connectivity index (χ1) is 4.66. The molecular weight excluding hydrogens is 132 g/mol. The summed E-state index contributed by atoms with van der Waals surface area (Å²) in [5, 5.41) is 0. The second kappa shape index (κ2) is 2.58. The van der Waals surface area contributed by atoms with Crippen LogP contribution in [0.5, 0.6) is 0 Å². The maximum atomic E-state index is 10.7. The molecule has 1 unspecified atom stereocenters. The SMILES string of the molecule is COC1(C)CCOC(=O)C1. The largest absolute Gasteiger partial charge is 0.465 e. The van der Waals surface area contributed by atoms with E-state index in [1.54, 1.807) is 7.11 Å². The van der Waals surface area contributed by atoms with Crippen molar-refractivity contribution in [2.75, 3.05) is 13.7 Å². The predicted octanol–water partition coefficient (Wildman–Crippen LogP) is 0.729. The Morgan fingerprint density at radius 3 is 2.80 bits per heavy atom. The van der Waals surface area contributed by atoms with E-state index in [2.05, 4.69) is 0 Å². The summed E-state index contributed by atoms with van der Waals surface area (Å²) in [4.78, 5) is 10.7.